The van der Waals surface area contributed by atoms with Gasteiger partial charge in [0.25, 0.3) is 10.0 Å². The first-order valence-corrected chi connectivity index (χ1v) is 10.7. The predicted molar refractivity (Wildman–Crippen MR) is 116 cm³/mol. The Bertz CT molecular complexity index is 1400. The summed E-state index contributed by atoms with van der Waals surface area (Å²) < 4.78 is 30.7. The summed E-state index contributed by atoms with van der Waals surface area (Å²) in [6.45, 7) is 1.82. The van der Waals surface area contributed by atoms with Crippen LogP contribution < -0.4 is 15.0 Å². The molecule has 0 spiro atoms. The fourth-order valence-corrected chi connectivity index (χ4v) is 3.69. The maximum atomic E-state index is 12.5. The van der Waals surface area contributed by atoms with E-state index in [9.17, 15) is 18.5 Å². The molecule has 12 heteroatoms. The Morgan fingerprint density at radius 2 is 1.75 bits per heavy atom. The number of para-hydroxylation sites is 1. The molecule has 2 heterocycles. The van der Waals surface area contributed by atoms with Crippen molar-refractivity contribution in [1.29, 1.82) is 0 Å². The monoisotopic (exact) mass is 452 g/mol. The number of pyridine rings is 1. The van der Waals surface area contributed by atoms with Gasteiger partial charge in [0.1, 0.15) is 11.8 Å². The Balaban J connectivity index is 1.65. The fraction of sp³-hybridized carbons (Fsp3) is 0.0500. The molecule has 4 rings (SSSR count). The smallest absolute Gasteiger partial charge is 0.374 e. The lowest BCUT2D eigenvalue weighted by molar-refractivity contribution is -0.385. The zero-order valence-corrected chi connectivity index (χ0v) is 17.4. The first-order valence-electron chi connectivity index (χ1n) is 9.20. The number of nitrogens with one attached hydrogen (secondary N) is 2. The van der Waals surface area contributed by atoms with Gasteiger partial charge in [-0.2, -0.15) is 4.98 Å². The number of sulfonamides is 1. The molecule has 0 saturated carbocycles. The molecule has 0 atom stereocenters. The second kappa shape index (κ2) is 8.53. The van der Waals surface area contributed by atoms with Crippen LogP contribution in [0.2, 0.25) is 0 Å². The molecule has 0 aliphatic heterocycles. The van der Waals surface area contributed by atoms with E-state index < -0.39 is 20.6 Å². The molecule has 32 heavy (non-hydrogen) atoms. The Labute approximate surface area is 182 Å². The molecular weight excluding hydrogens is 436 g/mol. The van der Waals surface area contributed by atoms with Crippen LogP contribution in [-0.2, 0) is 10.0 Å². The van der Waals surface area contributed by atoms with Crippen LogP contribution in [0.25, 0.3) is 10.9 Å². The molecule has 2 N–H and O–H groups in total. The second-order valence-electron chi connectivity index (χ2n) is 6.61. The van der Waals surface area contributed by atoms with Crippen molar-refractivity contribution in [2.24, 2.45) is 0 Å². The Kier molecular flexibility index (Phi) is 5.62. The van der Waals surface area contributed by atoms with E-state index in [1.807, 2.05) is 19.1 Å². The summed E-state index contributed by atoms with van der Waals surface area (Å²) in [6, 6.07) is 14.8. The summed E-state index contributed by atoms with van der Waals surface area (Å²) in [5.41, 5.74) is 3.00. The number of fused-ring (bicyclic) bond motifs is 1. The normalized spacial score (nSPS) is 11.3. The van der Waals surface area contributed by atoms with E-state index in [0.717, 1.165) is 17.3 Å². The number of anilines is 1. The van der Waals surface area contributed by atoms with Crippen LogP contribution in [0.4, 0.5) is 11.5 Å². The maximum Gasteiger partial charge on any atom is 0.374 e. The van der Waals surface area contributed by atoms with E-state index >= 15 is 0 Å². The number of nitrogens with zero attached hydrogens (tertiary/aromatic N) is 4. The molecule has 0 aliphatic rings. The van der Waals surface area contributed by atoms with Gasteiger partial charge >= 0.3 is 11.6 Å². The third-order valence-electron chi connectivity index (χ3n) is 4.41. The van der Waals surface area contributed by atoms with Gasteiger partial charge in [0.2, 0.25) is 5.82 Å². The van der Waals surface area contributed by atoms with Crippen LogP contribution >= 0.6 is 0 Å². The van der Waals surface area contributed by atoms with Crippen molar-refractivity contribution in [1.82, 2.24) is 19.8 Å². The first kappa shape index (κ1) is 21.1. The van der Waals surface area contributed by atoms with Crippen molar-refractivity contribution >= 4 is 32.4 Å². The zero-order chi connectivity index (χ0) is 22.7. The average Bonchev–Trinajstić information content (AvgIpc) is 2.78. The summed E-state index contributed by atoms with van der Waals surface area (Å²) in [5, 5.41) is 12.5. The van der Waals surface area contributed by atoms with E-state index in [1.54, 1.807) is 36.5 Å². The van der Waals surface area contributed by atoms with Crippen molar-refractivity contribution in [2.45, 2.75) is 11.8 Å². The summed E-state index contributed by atoms with van der Waals surface area (Å²) in [4.78, 5) is 24.9. The van der Waals surface area contributed by atoms with Crippen molar-refractivity contribution < 1.29 is 18.1 Å². The first-order chi connectivity index (χ1) is 15.3. The van der Waals surface area contributed by atoms with Gasteiger partial charge in [0.15, 0.2) is 5.75 Å². The number of nitro groups is 1. The highest BCUT2D eigenvalue weighted by Crippen LogP contribution is 2.35. The number of hydrogen-bond acceptors (Lipinski definition) is 9. The molecule has 162 valence electrons. The van der Waals surface area contributed by atoms with Gasteiger partial charge in [-0.25, -0.2) is 13.4 Å². The highest BCUT2D eigenvalue weighted by atomic mass is 32.2. The van der Waals surface area contributed by atoms with Crippen LogP contribution in [0.1, 0.15) is 5.56 Å². The molecule has 2 aromatic carbocycles. The maximum absolute atomic E-state index is 12.5. The molecule has 0 aliphatic carbocycles. The van der Waals surface area contributed by atoms with Crippen molar-refractivity contribution in [2.75, 3.05) is 5.43 Å². The van der Waals surface area contributed by atoms with Gasteiger partial charge in [-0.05, 0) is 31.2 Å². The average molecular weight is 452 g/mol. The van der Waals surface area contributed by atoms with Crippen LogP contribution in [0.5, 0.6) is 11.6 Å². The van der Waals surface area contributed by atoms with Crippen LogP contribution in [0.15, 0.2) is 72.0 Å². The molecule has 0 saturated heterocycles. The topological polar surface area (TPSA) is 149 Å². The lowest BCUT2D eigenvalue weighted by Gasteiger charge is -2.11. The molecule has 0 amide bonds. The van der Waals surface area contributed by atoms with Crippen LogP contribution in [0.3, 0.4) is 0 Å². The van der Waals surface area contributed by atoms with E-state index in [0.29, 0.717) is 5.52 Å². The van der Waals surface area contributed by atoms with E-state index in [1.165, 1.54) is 12.1 Å². The van der Waals surface area contributed by atoms with Crippen LogP contribution in [-0.4, -0.2) is 28.3 Å². The standard InChI is InChI=1S/C20H16N6O5S/c1-13-7-9-15(10-8-13)32(29,30)25-24-19-18(26(27)28)20(23-12-22-19)31-16-6-2-4-14-5-3-11-21-17(14)16/h2-12,25H,1H3,(H,22,23,24). The molecule has 0 unspecified atom stereocenters. The van der Waals surface area contributed by atoms with Crippen molar-refractivity contribution in [3.05, 3.63) is 82.8 Å². The number of aromatic nitrogens is 3. The highest BCUT2D eigenvalue weighted by molar-refractivity contribution is 7.89. The molecular formula is C20H16N6O5S. The molecule has 2 aromatic heterocycles. The van der Waals surface area contributed by atoms with Crippen molar-refractivity contribution in [3.63, 3.8) is 0 Å². The van der Waals surface area contributed by atoms with Gasteiger partial charge in [0, 0.05) is 11.6 Å². The lowest BCUT2D eigenvalue weighted by Crippen LogP contribution is -2.30. The number of ether oxygens (including phenoxy) is 1. The molecule has 11 nitrogen and oxygen atoms in total. The van der Waals surface area contributed by atoms with Crippen molar-refractivity contribution in [3.8, 4) is 11.6 Å². The largest absolute Gasteiger partial charge is 0.431 e. The van der Waals surface area contributed by atoms with E-state index in [-0.39, 0.29) is 22.3 Å². The summed E-state index contributed by atoms with van der Waals surface area (Å²) in [7, 11) is -4.01. The minimum absolute atomic E-state index is 0.0226. The Morgan fingerprint density at radius 1 is 1.00 bits per heavy atom. The van der Waals surface area contributed by atoms with E-state index in [4.69, 9.17) is 4.74 Å². The zero-order valence-electron chi connectivity index (χ0n) is 16.6. The quantitative estimate of drug-likeness (QED) is 0.318. The number of hydrogen-bond donors (Lipinski definition) is 2. The number of hydrazine groups is 1. The third-order valence-corrected chi connectivity index (χ3v) is 5.67. The summed E-state index contributed by atoms with van der Waals surface area (Å²) in [6.07, 6.45) is 2.58. The third kappa shape index (κ3) is 4.31. The number of benzene rings is 2. The Morgan fingerprint density at radius 3 is 2.50 bits per heavy atom. The SMILES string of the molecule is Cc1ccc(S(=O)(=O)NNc2ncnc(Oc3cccc4cccnc34)c2[N+](=O)[O-])cc1. The molecule has 0 bridgehead atoms. The van der Waals surface area contributed by atoms with Crippen LogP contribution in [0, 0.1) is 17.0 Å². The van der Waals surface area contributed by atoms with Gasteiger partial charge in [-0.1, -0.05) is 35.9 Å². The predicted octanol–water partition coefficient (Wildman–Crippen LogP) is 3.34. The van der Waals surface area contributed by atoms with E-state index in [2.05, 4.69) is 25.2 Å². The van der Waals surface area contributed by atoms with Gasteiger partial charge in [-0.3, -0.25) is 20.5 Å². The highest BCUT2D eigenvalue weighted by Gasteiger charge is 2.27. The van der Waals surface area contributed by atoms with Gasteiger partial charge < -0.3 is 4.74 Å². The number of rotatable bonds is 7. The lowest BCUT2D eigenvalue weighted by atomic mass is 10.2. The van der Waals surface area contributed by atoms with Gasteiger partial charge in [0.05, 0.1) is 9.82 Å². The molecule has 4 aromatic rings. The molecule has 0 radical (unpaired) electrons. The number of aryl methyl sites for hydroxylation is 1. The van der Waals surface area contributed by atoms with Gasteiger partial charge in [-0.15, -0.1) is 4.83 Å². The summed E-state index contributed by atoms with van der Waals surface area (Å²) >= 11 is 0. The fourth-order valence-electron chi connectivity index (χ4n) is 2.85. The minimum Gasteiger partial charge on any atom is -0.431 e. The molecule has 0 fully saturated rings. The summed E-state index contributed by atoms with van der Waals surface area (Å²) in [5.74, 6) is -0.514. The second-order valence-corrected chi connectivity index (χ2v) is 8.29. The Hall–Kier alpha value is -4.16. The minimum atomic E-state index is -4.01.